The lowest BCUT2D eigenvalue weighted by molar-refractivity contribution is 0.194. The van der Waals surface area contributed by atoms with Crippen molar-refractivity contribution in [1.82, 2.24) is 0 Å². The second-order valence-electron chi connectivity index (χ2n) is 5.98. The molecule has 0 aliphatic carbocycles. The Morgan fingerprint density at radius 1 is 1.17 bits per heavy atom. The van der Waals surface area contributed by atoms with Crippen LogP contribution in [0.4, 0.5) is 0 Å². The molecule has 1 unspecified atom stereocenters. The number of aliphatic hydroxyl groups excluding tert-OH is 1. The van der Waals surface area contributed by atoms with Gasteiger partial charge in [-0.3, -0.25) is 0 Å². The highest BCUT2D eigenvalue weighted by molar-refractivity contribution is 5.82. The third-order valence-corrected chi connectivity index (χ3v) is 4.01. The molecule has 0 saturated heterocycles. The van der Waals surface area contributed by atoms with E-state index in [0.29, 0.717) is 23.5 Å². The van der Waals surface area contributed by atoms with Crippen LogP contribution in [-0.2, 0) is 13.0 Å². The number of rotatable bonds is 5. The van der Waals surface area contributed by atoms with Gasteiger partial charge in [-0.2, -0.15) is 0 Å². The average molecular weight is 324 g/mol. The maximum Gasteiger partial charge on any atom is 0.339 e. The second kappa shape index (κ2) is 6.89. The van der Waals surface area contributed by atoms with Crippen molar-refractivity contribution in [3.63, 3.8) is 0 Å². The van der Waals surface area contributed by atoms with Gasteiger partial charge >= 0.3 is 5.63 Å². The number of hydrogen-bond donors (Lipinski definition) is 1. The highest BCUT2D eigenvalue weighted by Crippen LogP contribution is 2.25. The third-order valence-electron chi connectivity index (χ3n) is 4.01. The fourth-order valence-corrected chi connectivity index (χ4v) is 2.74. The summed E-state index contributed by atoms with van der Waals surface area (Å²) in [6.45, 7) is 3.99. The van der Waals surface area contributed by atoms with E-state index in [2.05, 4.69) is 0 Å². The molecule has 0 saturated carbocycles. The van der Waals surface area contributed by atoms with Crippen LogP contribution in [0.25, 0.3) is 11.0 Å². The summed E-state index contributed by atoms with van der Waals surface area (Å²) < 4.78 is 11.2. The number of aliphatic hydroxyl groups is 1. The van der Waals surface area contributed by atoms with Crippen molar-refractivity contribution in [2.45, 2.75) is 33.0 Å². The van der Waals surface area contributed by atoms with E-state index >= 15 is 0 Å². The molecule has 0 amide bonds. The molecule has 1 heterocycles. The predicted octanol–water partition coefficient (Wildman–Crippen LogP) is 3.60. The van der Waals surface area contributed by atoms with E-state index in [1.165, 1.54) is 0 Å². The highest BCUT2D eigenvalue weighted by Gasteiger charge is 2.13. The molecule has 1 atom stereocenters. The van der Waals surface area contributed by atoms with Crippen LogP contribution in [0.3, 0.4) is 0 Å². The van der Waals surface area contributed by atoms with E-state index in [-0.39, 0.29) is 6.42 Å². The summed E-state index contributed by atoms with van der Waals surface area (Å²) in [7, 11) is 0. The van der Waals surface area contributed by atoms with Crippen LogP contribution in [-0.4, -0.2) is 11.2 Å². The molecule has 0 aliphatic rings. The Bertz CT molecular complexity index is 895. The fourth-order valence-electron chi connectivity index (χ4n) is 2.74. The molecule has 0 fully saturated rings. The van der Waals surface area contributed by atoms with Crippen molar-refractivity contribution < 1.29 is 14.3 Å². The van der Waals surface area contributed by atoms with Gasteiger partial charge in [0.05, 0.1) is 6.10 Å². The Morgan fingerprint density at radius 3 is 2.62 bits per heavy atom. The van der Waals surface area contributed by atoms with Gasteiger partial charge < -0.3 is 14.3 Å². The van der Waals surface area contributed by atoms with E-state index in [4.69, 9.17) is 9.15 Å². The van der Waals surface area contributed by atoms with Crippen LogP contribution in [0.2, 0.25) is 0 Å². The van der Waals surface area contributed by atoms with Crippen LogP contribution in [0.15, 0.2) is 57.7 Å². The van der Waals surface area contributed by atoms with Crippen LogP contribution in [0.1, 0.15) is 23.6 Å². The molecular weight excluding hydrogens is 304 g/mol. The van der Waals surface area contributed by atoms with Gasteiger partial charge in [-0.25, -0.2) is 4.79 Å². The standard InChI is InChI=1S/C20H20O4/c1-13(21)10-18-14(2)17-9-8-16(11-19(17)24-20(18)22)23-12-15-6-4-3-5-7-15/h3-9,11,13,21H,10,12H2,1-2H3. The smallest absolute Gasteiger partial charge is 0.339 e. The average Bonchev–Trinajstić information content (AvgIpc) is 2.57. The first-order valence-corrected chi connectivity index (χ1v) is 7.95. The topological polar surface area (TPSA) is 59.7 Å². The number of benzene rings is 2. The van der Waals surface area contributed by atoms with E-state index in [1.54, 1.807) is 13.0 Å². The quantitative estimate of drug-likeness (QED) is 0.729. The van der Waals surface area contributed by atoms with Gasteiger partial charge in [-0.1, -0.05) is 30.3 Å². The lowest BCUT2D eigenvalue weighted by Crippen LogP contribution is -2.16. The zero-order chi connectivity index (χ0) is 17.1. The summed E-state index contributed by atoms with van der Waals surface area (Å²) in [5, 5.41) is 10.4. The fraction of sp³-hybridized carbons (Fsp3) is 0.250. The Labute approximate surface area is 140 Å². The molecule has 1 aromatic heterocycles. The van der Waals surface area contributed by atoms with E-state index in [9.17, 15) is 9.90 Å². The number of ether oxygens (including phenoxy) is 1. The number of aryl methyl sites for hydroxylation is 1. The molecule has 0 spiro atoms. The molecule has 0 bridgehead atoms. The van der Waals surface area contributed by atoms with Crippen molar-refractivity contribution in [2.75, 3.05) is 0 Å². The molecule has 4 nitrogen and oxygen atoms in total. The number of hydrogen-bond acceptors (Lipinski definition) is 4. The van der Waals surface area contributed by atoms with Crippen molar-refractivity contribution in [3.8, 4) is 5.75 Å². The summed E-state index contributed by atoms with van der Waals surface area (Å²) in [5.74, 6) is 0.650. The van der Waals surface area contributed by atoms with Gasteiger partial charge in [0.1, 0.15) is 17.9 Å². The Balaban J connectivity index is 1.90. The summed E-state index contributed by atoms with van der Waals surface area (Å²) in [6.07, 6.45) is -0.298. The van der Waals surface area contributed by atoms with Crippen LogP contribution >= 0.6 is 0 Å². The molecule has 124 valence electrons. The van der Waals surface area contributed by atoms with Crippen molar-refractivity contribution >= 4 is 11.0 Å². The maximum absolute atomic E-state index is 12.2. The lowest BCUT2D eigenvalue weighted by atomic mass is 10.0. The Hall–Kier alpha value is -2.59. The minimum Gasteiger partial charge on any atom is -0.489 e. The van der Waals surface area contributed by atoms with E-state index in [0.717, 1.165) is 16.5 Å². The molecule has 2 aromatic carbocycles. The van der Waals surface area contributed by atoms with Gasteiger partial charge in [-0.05, 0) is 37.1 Å². The van der Waals surface area contributed by atoms with Crippen molar-refractivity contribution in [2.24, 2.45) is 0 Å². The lowest BCUT2D eigenvalue weighted by Gasteiger charge is -2.11. The van der Waals surface area contributed by atoms with E-state index in [1.807, 2.05) is 49.4 Å². The summed E-state index contributed by atoms with van der Waals surface area (Å²) in [6, 6.07) is 15.4. The zero-order valence-corrected chi connectivity index (χ0v) is 13.8. The summed E-state index contributed by atoms with van der Waals surface area (Å²) in [4.78, 5) is 12.2. The molecule has 1 N–H and O–H groups in total. The van der Waals surface area contributed by atoms with Gasteiger partial charge in [0.15, 0.2) is 0 Å². The molecule has 3 rings (SSSR count). The van der Waals surface area contributed by atoms with Crippen LogP contribution < -0.4 is 10.4 Å². The highest BCUT2D eigenvalue weighted by atomic mass is 16.5. The SMILES string of the molecule is Cc1c(CC(C)O)c(=O)oc2cc(OCc3ccccc3)ccc12. The third kappa shape index (κ3) is 3.49. The molecule has 24 heavy (non-hydrogen) atoms. The minimum atomic E-state index is -0.586. The second-order valence-corrected chi connectivity index (χ2v) is 5.98. The van der Waals surface area contributed by atoms with Crippen molar-refractivity contribution in [3.05, 3.63) is 75.6 Å². The van der Waals surface area contributed by atoms with Gasteiger partial charge in [0, 0.05) is 23.4 Å². The molecule has 3 aromatic rings. The molecule has 4 heteroatoms. The minimum absolute atomic E-state index is 0.288. The van der Waals surface area contributed by atoms with Gasteiger partial charge in [0.2, 0.25) is 0 Å². The molecule has 0 radical (unpaired) electrons. The van der Waals surface area contributed by atoms with Crippen LogP contribution in [0.5, 0.6) is 5.75 Å². The van der Waals surface area contributed by atoms with Crippen LogP contribution in [0, 0.1) is 6.92 Å². The Morgan fingerprint density at radius 2 is 1.92 bits per heavy atom. The maximum atomic E-state index is 12.2. The normalized spacial score (nSPS) is 12.3. The molecular formula is C20H20O4. The first kappa shape index (κ1) is 16.3. The zero-order valence-electron chi connectivity index (χ0n) is 13.8. The van der Waals surface area contributed by atoms with Gasteiger partial charge in [0.25, 0.3) is 0 Å². The summed E-state index contributed by atoms with van der Waals surface area (Å²) in [5.41, 5.74) is 2.54. The largest absolute Gasteiger partial charge is 0.489 e. The first-order chi connectivity index (χ1) is 11.5. The van der Waals surface area contributed by atoms with E-state index < -0.39 is 11.7 Å². The number of fused-ring (bicyclic) bond motifs is 1. The van der Waals surface area contributed by atoms with Gasteiger partial charge in [-0.15, -0.1) is 0 Å². The molecule has 0 aliphatic heterocycles. The first-order valence-electron chi connectivity index (χ1n) is 7.95. The van der Waals surface area contributed by atoms with Crippen molar-refractivity contribution in [1.29, 1.82) is 0 Å². The predicted molar refractivity (Wildman–Crippen MR) is 93.4 cm³/mol. The Kier molecular flexibility index (Phi) is 4.67. The monoisotopic (exact) mass is 324 g/mol. The summed E-state index contributed by atoms with van der Waals surface area (Å²) >= 11 is 0.